The van der Waals surface area contributed by atoms with Gasteiger partial charge in [-0.25, -0.2) is 9.98 Å². The number of imidazole rings is 1. The van der Waals surface area contributed by atoms with Crippen molar-refractivity contribution < 1.29 is 0 Å². The molecule has 0 spiro atoms. The number of halogens is 1. The van der Waals surface area contributed by atoms with Crippen molar-refractivity contribution in [3.05, 3.63) is 65.5 Å². The molecular weight excluding hydrogens is 499 g/mol. The van der Waals surface area contributed by atoms with Gasteiger partial charge in [0.1, 0.15) is 5.82 Å². The zero-order chi connectivity index (χ0) is 21.3. The summed E-state index contributed by atoms with van der Waals surface area (Å²) in [6, 6.07) is 16.8. The summed E-state index contributed by atoms with van der Waals surface area (Å²) in [5.41, 5.74) is 4.86. The van der Waals surface area contributed by atoms with Crippen LogP contribution in [0.25, 0.3) is 11.0 Å². The molecule has 168 valence electrons. The van der Waals surface area contributed by atoms with E-state index in [1.54, 1.807) is 0 Å². The number of rotatable bonds is 9. The van der Waals surface area contributed by atoms with Gasteiger partial charge in [-0.2, -0.15) is 0 Å². The average Bonchev–Trinajstić information content (AvgIpc) is 3.05. The molecule has 7 heteroatoms. The van der Waals surface area contributed by atoms with E-state index in [4.69, 9.17) is 4.99 Å². The van der Waals surface area contributed by atoms with Crippen LogP contribution in [0.5, 0.6) is 0 Å². The van der Waals surface area contributed by atoms with Gasteiger partial charge >= 0.3 is 0 Å². The molecule has 0 amide bonds. The molecule has 0 atom stereocenters. The Morgan fingerprint density at radius 3 is 2.48 bits per heavy atom. The molecule has 2 aromatic carbocycles. The molecule has 2 N–H and O–H groups in total. The van der Waals surface area contributed by atoms with E-state index in [0.29, 0.717) is 6.54 Å². The molecule has 6 nitrogen and oxygen atoms in total. The Kier molecular flexibility index (Phi) is 10.3. The van der Waals surface area contributed by atoms with Crippen LogP contribution in [0.1, 0.15) is 30.3 Å². The van der Waals surface area contributed by atoms with Crippen LogP contribution in [-0.4, -0.2) is 47.6 Å². The lowest BCUT2D eigenvalue weighted by atomic mass is 10.1. The molecule has 3 rings (SSSR count). The lowest BCUT2D eigenvalue weighted by Gasteiger charge is -2.15. The van der Waals surface area contributed by atoms with E-state index >= 15 is 0 Å². The minimum atomic E-state index is 0. The molecule has 0 aliphatic heterocycles. The molecule has 0 aliphatic carbocycles. The number of aromatic nitrogens is 2. The van der Waals surface area contributed by atoms with Crippen molar-refractivity contribution in [2.45, 2.75) is 39.9 Å². The van der Waals surface area contributed by atoms with E-state index in [2.05, 4.69) is 95.5 Å². The predicted octanol–water partition coefficient (Wildman–Crippen LogP) is 4.17. The number of benzene rings is 2. The van der Waals surface area contributed by atoms with E-state index in [1.807, 2.05) is 6.07 Å². The Hall–Kier alpha value is -2.13. The smallest absolute Gasteiger partial charge is 0.191 e. The van der Waals surface area contributed by atoms with Crippen molar-refractivity contribution in [3.8, 4) is 0 Å². The molecular formula is C24H35IN6. The summed E-state index contributed by atoms with van der Waals surface area (Å²) >= 11 is 0. The zero-order valence-electron chi connectivity index (χ0n) is 19.1. The third kappa shape index (κ3) is 7.21. The number of nitrogens with one attached hydrogen (secondary N) is 2. The highest BCUT2D eigenvalue weighted by atomic mass is 127. The van der Waals surface area contributed by atoms with Crippen molar-refractivity contribution in [1.29, 1.82) is 0 Å². The molecule has 0 radical (unpaired) electrons. The molecule has 0 aliphatic rings. The summed E-state index contributed by atoms with van der Waals surface area (Å²) in [5.74, 6) is 1.93. The first-order valence-electron chi connectivity index (χ1n) is 10.7. The van der Waals surface area contributed by atoms with Gasteiger partial charge in [-0.05, 0) is 57.6 Å². The quantitative estimate of drug-likeness (QED) is 0.187. The number of aryl methyl sites for hydroxylation is 2. The van der Waals surface area contributed by atoms with E-state index in [9.17, 15) is 0 Å². The van der Waals surface area contributed by atoms with Gasteiger partial charge in [0.2, 0.25) is 0 Å². The van der Waals surface area contributed by atoms with Gasteiger partial charge in [0.25, 0.3) is 0 Å². The largest absolute Gasteiger partial charge is 0.357 e. The fourth-order valence-electron chi connectivity index (χ4n) is 3.63. The van der Waals surface area contributed by atoms with Gasteiger partial charge < -0.3 is 20.1 Å². The van der Waals surface area contributed by atoms with Crippen molar-refractivity contribution in [2.75, 3.05) is 27.2 Å². The number of nitrogens with zero attached hydrogens (tertiary/aromatic N) is 4. The molecule has 0 saturated heterocycles. The Morgan fingerprint density at radius 1 is 1.03 bits per heavy atom. The van der Waals surface area contributed by atoms with Crippen molar-refractivity contribution in [1.82, 2.24) is 25.1 Å². The van der Waals surface area contributed by atoms with Crippen molar-refractivity contribution in [2.24, 2.45) is 4.99 Å². The van der Waals surface area contributed by atoms with E-state index in [-0.39, 0.29) is 24.0 Å². The summed E-state index contributed by atoms with van der Waals surface area (Å²) in [7, 11) is 4.19. The van der Waals surface area contributed by atoms with E-state index < -0.39 is 0 Å². The fourth-order valence-corrected chi connectivity index (χ4v) is 3.63. The summed E-state index contributed by atoms with van der Waals surface area (Å²) in [6.07, 6.45) is 1.00. The highest BCUT2D eigenvalue weighted by molar-refractivity contribution is 14.0. The molecule has 0 bridgehead atoms. The van der Waals surface area contributed by atoms with E-state index in [1.165, 1.54) is 16.6 Å². The third-order valence-electron chi connectivity index (χ3n) is 5.05. The second-order valence-electron chi connectivity index (χ2n) is 7.78. The number of para-hydroxylation sites is 2. The van der Waals surface area contributed by atoms with Gasteiger partial charge in [0.05, 0.1) is 17.6 Å². The number of hydrogen-bond acceptors (Lipinski definition) is 3. The minimum Gasteiger partial charge on any atom is -0.357 e. The van der Waals surface area contributed by atoms with Gasteiger partial charge in [0, 0.05) is 26.2 Å². The van der Waals surface area contributed by atoms with Crippen LogP contribution < -0.4 is 10.6 Å². The number of aliphatic imine (C=N–C) groups is 1. The van der Waals surface area contributed by atoms with Gasteiger partial charge in [-0.3, -0.25) is 0 Å². The summed E-state index contributed by atoms with van der Waals surface area (Å²) in [4.78, 5) is 11.6. The summed E-state index contributed by atoms with van der Waals surface area (Å²) < 4.78 is 2.29. The molecule has 1 aromatic heterocycles. The third-order valence-corrected chi connectivity index (χ3v) is 5.05. The van der Waals surface area contributed by atoms with Gasteiger partial charge in [-0.15, -0.1) is 24.0 Å². The van der Waals surface area contributed by atoms with E-state index in [0.717, 1.165) is 49.9 Å². The van der Waals surface area contributed by atoms with Crippen LogP contribution in [0.15, 0.2) is 53.5 Å². The maximum absolute atomic E-state index is 4.81. The van der Waals surface area contributed by atoms with Crippen LogP contribution >= 0.6 is 24.0 Å². The monoisotopic (exact) mass is 534 g/mol. The number of fused-ring (bicyclic) bond motifs is 1. The number of guanidine groups is 1. The Morgan fingerprint density at radius 2 is 1.74 bits per heavy atom. The standard InChI is InChI=1S/C24H34N6.HI/c1-5-25-24(27-17-20-11-6-7-12-21(20)18-29(3)4)26-15-10-16-30-19(2)28-22-13-8-9-14-23(22)30;/h6-9,11-14H,5,10,15-18H2,1-4H3,(H2,25,26,27);1H. The molecule has 31 heavy (non-hydrogen) atoms. The second kappa shape index (κ2) is 12.7. The first-order chi connectivity index (χ1) is 14.6. The normalized spacial score (nSPS) is 11.6. The van der Waals surface area contributed by atoms with Crippen LogP contribution in [0.2, 0.25) is 0 Å². The highest BCUT2D eigenvalue weighted by Crippen LogP contribution is 2.15. The molecule has 0 saturated carbocycles. The molecule has 0 fully saturated rings. The Bertz CT molecular complexity index is 979. The average molecular weight is 534 g/mol. The van der Waals surface area contributed by atoms with Gasteiger partial charge in [-0.1, -0.05) is 36.4 Å². The maximum atomic E-state index is 4.81. The minimum absolute atomic E-state index is 0. The lowest BCUT2D eigenvalue weighted by Crippen LogP contribution is -2.38. The lowest BCUT2D eigenvalue weighted by molar-refractivity contribution is 0.401. The van der Waals surface area contributed by atoms with Crippen LogP contribution in [0.4, 0.5) is 0 Å². The molecule has 1 heterocycles. The summed E-state index contributed by atoms with van der Waals surface area (Å²) in [5, 5.41) is 6.83. The second-order valence-corrected chi connectivity index (χ2v) is 7.78. The Balaban J connectivity index is 0.00000341. The zero-order valence-corrected chi connectivity index (χ0v) is 21.4. The summed E-state index contributed by atoms with van der Waals surface area (Å²) in [6.45, 7) is 8.40. The van der Waals surface area contributed by atoms with Gasteiger partial charge in [0.15, 0.2) is 5.96 Å². The molecule has 3 aromatic rings. The molecule has 0 unspecified atom stereocenters. The van der Waals surface area contributed by atoms with Crippen molar-refractivity contribution in [3.63, 3.8) is 0 Å². The first kappa shape index (κ1) is 25.1. The van der Waals surface area contributed by atoms with Crippen LogP contribution in [-0.2, 0) is 19.6 Å². The maximum Gasteiger partial charge on any atom is 0.191 e. The predicted molar refractivity (Wildman–Crippen MR) is 141 cm³/mol. The van der Waals surface area contributed by atoms with Crippen molar-refractivity contribution >= 4 is 41.0 Å². The van der Waals surface area contributed by atoms with Crippen LogP contribution in [0, 0.1) is 6.92 Å². The highest BCUT2D eigenvalue weighted by Gasteiger charge is 2.07. The SMILES string of the molecule is CCNC(=NCc1ccccc1CN(C)C)NCCCn1c(C)nc2ccccc21.I. The number of hydrogen-bond donors (Lipinski definition) is 2. The Labute approximate surface area is 203 Å². The fraction of sp³-hybridized carbons (Fsp3) is 0.417. The topological polar surface area (TPSA) is 57.5 Å². The first-order valence-corrected chi connectivity index (χ1v) is 10.7. The van der Waals surface area contributed by atoms with Crippen LogP contribution in [0.3, 0.4) is 0 Å².